The molecule has 1 saturated heterocycles. The summed E-state index contributed by atoms with van der Waals surface area (Å²) in [6.45, 7) is -5.68. The van der Waals surface area contributed by atoms with Gasteiger partial charge in [-0.1, -0.05) is 0 Å². The fraction of sp³-hybridized carbons (Fsp3) is 0.320. The van der Waals surface area contributed by atoms with E-state index in [9.17, 15) is 23.6 Å². The minimum absolute atomic E-state index is 0.00532. The second kappa shape index (κ2) is 12.5. The SMILES string of the molecule is COc1ccc(OSP(=O)(OC[C@@]2(C(F)F)O[C@@H](n3cnc4c(N)ncnc43)[C@H](O)[C@@H]2O)Oc2ccc(OC)cc2)cc1. The monoisotopic (exact) mass is 641 g/mol. The van der Waals surface area contributed by atoms with E-state index >= 15 is 0 Å². The minimum Gasteiger partial charge on any atom is -0.497 e. The van der Waals surface area contributed by atoms with Crippen molar-refractivity contribution in [1.29, 1.82) is 0 Å². The zero-order valence-corrected chi connectivity index (χ0v) is 24.2. The first kappa shape index (κ1) is 30.7. The molecule has 0 spiro atoms. The second-order valence-electron chi connectivity index (χ2n) is 9.10. The van der Waals surface area contributed by atoms with E-state index in [4.69, 9.17) is 33.2 Å². The molecule has 14 nitrogen and oxygen atoms in total. The van der Waals surface area contributed by atoms with Gasteiger partial charge in [0.15, 0.2) is 35.0 Å². The molecule has 0 radical (unpaired) electrons. The van der Waals surface area contributed by atoms with Gasteiger partial charge in [0.05, 0.1) is 27.2 Å². The van der Waals surface area contributed by atoms with Crippen LogP contribution in [0.15, 0.2) is 61.2 Å². The summed E-state index contributed by atoms with van der Waals surface area (Å²) >= 11 is 0.241. The highest BCUT2D eigenvalue weighted by molar-refractivity contribution is 8.52. The maximum absolute atomic E-state index is 14.7. The number of anilines is 1. The van der Waals surface area contributed by atoms with Gasteiger partial charge in [0.1, 0.15) is 47.1 Å². The lowest BCUT2D eigenvalue weighted by atomic mass is 9.96. The van der Waals surface area contributed by atoms with Gasteiger partial charge in [-0.15, -0.1) is 0 Å². The topological polar surface area (TPSA) is 183 Å². The molecule has 2 aromatic carbocycles. The number of nitrogen functional groups attached to an aromatic ring is 1. The van der Waals surface area contributed by atoms with Crippen LogP contribution in [-0.2, 0) is 13.8 Å². The highest BCUT2D eigenvalue weighted by Gasteiger charge is 2.62. The maximum atomic E-state index is 14.7. The van der Waals surface area contributed by atoms with E-state index in [1.54, 1.807) is 12.1 Å². The molecule has 5 atom stereocenters. The fourth-order valence-corrected chi connectivity index (χ4v) is 6.50. The van der Waals surface area contributed by atoms with Gasteiger partial charge in [-0.3, -0.25) is 9.09 Å². The number of imidazole rings is 1. The number of aromatic nitrogens is 4. The molecule has 1 fully saturated rings. The summed E-state index contributed by atoms with van der Waals surface area (Å²) in [4.78, 5) is 11.9. The number of aliphatic hydroxyl groups excluding tert-OH is 2. The van der Waals surface area contributed by atoms with Crippen LogP contribution in [-0.4, -0.2) is 74.8 Å². The van der Waals surface area contributed by atoms with Gasteiger partial charge >= 0.3 is 6.80 Å². The van der Waals surface area contributed by atoms with Gasteiger partial charge in [0, 0.05) is 0 Å². The van der Waals surface area contributed by atoms with Gasteiger partial charge in [-0.25, -0.2) is 28.3 Å². The van der Waals surface area contributed by atoms with Crippen molar-refractivity contribution in [2.45, 2.75) is 30.5 Å². The molecule has 0 aliphatic carbocycles. The number of hydrogen-bond acceptors (Lipinski definition) is 14. The number of rotatable bonds is 12. The van der Waals surface area contributed by atoms with Gasteiger partial charge in [-0.05, 0) is 48.5 Å². The third-order valence-electron chi connectivity index (χ3n) is 6.50. The van der Waals surface area contributed by atoms with Crippen molar-refractivity contribution in [3.8, 4) is 23.0 Å². The molecule has 4 aromatic rings. The van der Waals surface area contributed by atoms with Crippen LogP contribution >= 0.6 is 18.5 Å². The maximum Gasteiger partial charge on any atom is 0.478 e. The average molecular weight is 642 g/mol. The Kier molecular flexibility index (Phi) is 8.91. The van der Waals surface area contributed by atoms with E-state index in [-0.39, 0.29) is 40.1 Å². The van der Waals surface area contributed by atoms with E-state index in [2.05, 4.69) is 15.0 Å². The summed E-state index contributed by atoms with van der Waals surface area (Å²) in [5, 5.41) is 21.7. The molecule has 0 saturated carbocycles. The molecular weight excluding hydrogens is 615 g/mol. The van der Waals surface area contributed by atoms with Crippen LogP contribution in [0.5, 0.6) is 23.0 Å². The van der Waals surface area contributed by atoms with Crippen molar-refractivity contribution in [3.63, 3.8) is 0 Å². The molecule has 1 aliphatic rings. The van der Waals surface area contributed by atoms with Gasteiger partial charge in [-0.2, -0.15) is 0 Å². The first-order valence-corrected chi connectivity index (χ1v) is 15.3. The van der Waals surface area contributed by atoms with Crippen molar-refractivity contribution in [3.05, 3.63) is 61.2 Å². The third kappa shape index (κ3) is 6.18. The third-order valence-corrected chi connectivity index (χ3v) is 9.14. The molecule has 3 heterocycles. The lowest BCUT2D eigenvalue weighted by molar-refractivity contribution is -0.191. The number of benzene rings is 2. The van der Waals surface area contributed by atoms with Crippen molar-refractivity contribution < 1.29 is 51.0 Å². The first-order chi connectivity index (χ1) is 20.6. The Labute approximate surface area is 247 Å². The molecule has 230 valence electrons. The molecule has 18 heteroatoms. The largest absolute Gasteiger partial charge is 0.497 e. The molecule has 0 amide bonds. The predicted octanol–water partition coefficient (Wildman–Crippen LogP) is 3.61. The number of aliphatic hydroxyl groups is 2. The quantitative estimate of drug-likeness (QED) is 0.151. The fourth-order valence-electron chi connectivity index (χ4n) is 4.18. The molecule has 0 bridgehead atoms. The Balaban J connectivity index is 1.41. The smallest absolute Gasteiger partial charge is 0.478 e. The Bertz CT molecular complexity index is 1600. The van der Waals surface area contributed by atoms with E-state index in [0.29, 0.717) is 11.5 Å². The lowest BCUT2D eigenvalue weighted by Gasteiger charge is -2.31. The Morgan fingerprint density at radius 2 is 1.63 bits per heavy atom. The summed E-state index contributed by atoms with van der Waals surface area (Å²) in [6.07, 6.45) is -6.89. The van der Waals surface area contributed by atoms with E-state index in [1.807, 2.05) is 0 Å². The first-order valence-electron chi connectivity index (χ1n) is 12.4. The number of fused-ring (bicyclic) bond motifs is 1. The molecule has 43 heavy (non-hydrogen) atoms. The summed E-state index contributed by atoms with van der Waals surface area (Å²) in [5.41, 5.74) is 3.13. The van der Waals surface area contributed by atoms with Crippen molar-refractivity contribution >= 4 is 35.4 Å². The summed E-state index contributed by atoms with van der Waals surface area (Å²) in [6, 6.07) is 12.1. The molecule has 4 N–H and O–H groups in total. The van der Waals surface area contributed by atoms with Crippen LogP contribution in [0.1, 0.15) is 6.23 Å². The number of halogens is 2. The van der Waals surface area contributed by atoms with Crippen LogP contribution in [0.25, 0.3) is 11.2 Å². The normalized spacial score (nSPS) is 23.3. The van der Waals surface area contributed by atoms with E-state index in [0.717, 1.165) is 17.2 Å². The molecular formula is C25H26F2N5O9PS. The highest BCUT2D eigenvalue weighted by Crippen LogP contribution is 2.61. The van der Waals surface area contributed by atoms with Crippen LogP contribution in [0, 0.1) is 0 Å². The van der Waals surface area contributed by atoms with Crippen LogP contribution in [0.3, 0.4) is 0 Å². The lowest BCUT2D eigenvalue weighted by Crippen LogP contribution is -2.52. The Morgan fingerprint density at radius 1 is 1.02 bits per heavy atom. The zero-order valence-electron chi connectivity index (χ0n) is 22.5. The zero-order chi connectivity index (χ0) is 30.8. The number of methoxy groups -OCH3 is 2. The summed E-state index contributed by atoms with van der Waals surface area (Å²) in [5.74, 6) is 1.27. The molecule has 1 aliphatic heterocycles. The molecule has 5 rings (SSSR count). The van der Waals surface area contributed by atoms with Crippen molar-refractivity contribution in [2.75, 3.05) is 26.6 Å². The molecule has 1 unspecified atom stereocenters. The average Bonchev–Trinajstić information content (AvgIpc) is 3.56. The molecule has 2 aromatic heterocycles. The number of nitrogens with zero attached hydrogens (tertiary/aromatic N) is 4. The Hall–Kier alpha value is -3.73. The van der Waals surface area contributed by atoms with Gasteiger partial charge in [0.2, 0.25) is 0 Å². The van der Waals surface area contributed by atoms with E-state index < -0.39 is 43.9 Å². The number of ether oxygens (including phenoxy) is 3. The second-order valence-corrected chi connectivity index (χ2v) is 12.5. The van der Waals surface area contributed by atoms with Crippen LogP contribution in [0.4, 0.5) is 14.6 Å². The predicted molar refractivity (Wildman–Crippen MR) is 149 cm³/mol. The summed E-state index contributed by atoms with van der Waals surface area (Å²) in [7, 11) is 2.93. The minimum atomic E-state index is -4.50. The number of nitrogens with two attached hydrogens (primary N) is 1. The van der Waals surface area contributed by atoms with Crippen LogP contribution in [0.2, 0.25) is 0 Å². The summed E-state index contributed by atoms with van der Waals surface area (Å²) < 4.78 is 76.8. The van der Waals surface area contributed by atoms with E-state index in [1.165, 1.54) is 50.6 Å². The van der Waals surface area contributed by atoms with Gasteiger partial charge < -0.3 is 38.9 Å². The standard InChI is InChI=1S/C25H26F2N5O9PS/c1-36-14-3-7-16(8-4-14)40-42(35,43-41-17-9-5-15(37-2)6-10-17)38-11-25(24(26)27)20(34)19(33)23(39-25)32-13-31-18-21(28)29-12-30-22(18)32/h3-10,12-13,19-20,23-24,33-34H,11H2,1-2H3,(H2,28,29,30)/t19-,20+,23-,25-,42?/m1/s1. The number of alkyl halides is 2. The Morgan fingerprint density at radius 3 is 2.23 bits per heavy atom. The highest BCUT2D eigenvalue weighted by atomic mass is 32.7. The van der Waals surface area contributed by atoms with Gasteiger partial charge in [0.25, 0.3) is 6.43 Å². The van der Waals surface area contributed by atoms with Crippen molar-refractivity contribution in [1.82, 2.24) is 19.5 Å². The number of hydrogen-bond donors (Lipinski definition) is 3. The van der Waals surface area contributed by atoms with Crippen molar-refractivity contribution in [2.24, 2.45) is 0 Å². The van der Waals surface area contributed by atoms with Crippen LogP contribution < -0.4 is 23.9 Å².